The van der Waals surface area contributed by atoms with Gasteiger partial charge in [0.15, 0.2) is 0 Å². The molecule has 0 bridgehead atoms. The number of fused-ring (bicyclic) bond motifs is 1. The molecule has 0 spiro atoms. The van der Waals surface area contributed by atoms with Crippen molar-refractivity contribution >= 4 is 16.7 Å². The van der Waals surface area contributed by atoms with Gasteiger partial charge in [-0.2, -0.15) is 0 Å². The van der Waals surface area contributed by atoms with Crippen molar-refractivity contribution in [2.75, 3.05) is 13.2 Å². The summed E-state index contributed by atoms with van der Waals surface area (Å²) >= 11 is 0. The first-order chi connectivity index (χ1) is 8.79. The van der Waals surface area contributed by atoms with E-state index in [0.717, 1.165) is 5.56 Å². The van der Waals surface area contributed by atoms with E-state index in [4.69, 9.17) is 0 Å². The van der Waals surface area contributed by atoms with E-state index in [1.807, 2.05) is 18.2 Å². The van der Waals surface area contributed by atoms with E-state index in [0.29, 0.717) is 12.8 Å². The number of hydrogen-bond donors (Lipinski definition) is 1. The zero-order chi connectivity index (χ0) is 12.8. The Kier molecular flexibility index (Phi) is 4.29. The zero-order valence-corrected chi connectivity index (χ0v) is 10.2. The number of amides is 1. The molecular weight excluding hydrogens is 229 g/mol. The number of aryl methyl sites for hydroxylation is 1. The maximum absolute atomic E-state index is 11.9. The highest BCUT2D eigenvalue weighted by molar-refractivity contribution is 5.83. The van der Waals surface area contributed by atoms with Gasteiger partial charge in [-0.3, -0.25) is 4.79 Å². The smallest absolute Gasteiger partial charge is 0.220 e. The molecule has 0 heterocycles. The van der Waals surface area contributed by atoms with Gasteiger partial charge in [0, 0.05) is 13.0 Å². The summed E-state index contributed by atoms with van der Waals surface area (Å²) in [5, 5.41) is 4.90. The molecule has 0 aromatic heterocycles. The Balaban J connectivity index is 1.97. The highest BCUT2D eigenvalue weighted by atomic mass is 19.1. The summed E-state index contributed by atoms with van der Waals surface area (Å²) in [6.45, 7) is -0.404. The first kappa shape index (κ1) is 12.6. The van der Waals surface area contributed by atoms with Crippen LogP contribution in [0.15, 0.2) is 42.5 Å². The lowest BCUT2D eigenvalue weighted by atomic mass is 10.0. The van der Waals surface area contributed by atoms with E-state index in [2.05, 4.69) is 29.6 Å². The molecule has 0 fully saturated rings. The van der Waals surface area contributed by atoms with Crippen LogP contribution in [0.5, 0.6) is 0 Å². The Morgan fingerprint density at radius 2 is 1.89 bits per heavy atom. The summed E-state index contributed by atoms with van der Waals surface area (Å²) in [7, 11) is 0. The number of carbonyl (C=O) groups excluding carboxylic acids is 1. The fraction of sp³-hybridized carbons (Fsp3) is 0.267. The van der Waals surface area contributed by atoms with E-state index in [-0.39, 0.29) is 12.5 Å². The summed E-state index contributed by atoms with van der Waals surface area (Å²) in [5.74, 6) is -0.0965. The molecule has 0 aliphatic heterocycles. The fourth-order valence-corrected chi connectivity index (χ4v) is 1.93. The highest BCUT2D eigenvalue weighted by Crippen LogP contribution is 2.16. The molecule has 2 nitrogen and oxygen atoms in total. The minimum atomic E-state index is -0.512. The van der Waals surface area contributed by atoms with Crippen LogP contribution in [0, 0.1) is 0 Å². The lowest BCUT2D eigenvalue weighted by Gasteiger charge is -2.04. The van der Waals surface area contributed by atoms with Gasteiger partial charge in [-0.1, -0.05) is 42.5 Å². The Morgan fingerprint density at radius 1 is 1.11 bits per heavy atom. The second-order valence-corrected chi connectivity index (χ2v) is 4.22. The van der Waals surface area contributed by atoms with Crippen LogP contribution in [0.4, 0.5) is 4.39 Å². The largest absolute Gasteiger partial charge is 0.353 e. The van der Waals surface area contributed by atoms with Crippen molar-refractivity contribution in [3.63, 3.8) is 0 Å². The molecule has 2 aromatic rings. The van der Waals surface area contributed by atoms with Gasteiger partial charge in [0.1, 0.15) is 6.67 Å². The van der Waals surface area contributed by atoms with Crippen LogP contribution in [-0.4, -0.2) is 19.1 Å². The lowest BCUT2D eigenvalue weighted by Crippen LogP contribution is -2.25. The van der Waals surface area contributed by atoms with Gasteiger partial charge in [-0.05, 0) is 22.8 Å². The van der Waals surface area contributed by atoms with Crippen LogP contribution in [-0.2, 0) is 11.2 Å². The number of hydrogen-bond acceptors (Lipinski definition) is 1. The molecule has 1 amide bonds. The first-order valence-corrected chi connectivity index (χ1v) is 6.10. The van der Waals surface area contributed by atoms with Crippen LogP contribution in [0.1, 0.15) is 12.0 Å². The van der Waals surface area contributed by atoms with Gasteiger partial charge in [-0.15, -0.1) is 0 Å². The van der Waals surface area contributed by atoms with E-state index >= 15 is 0 Å². The van der Waals surface area contributed by atoms with Crippen molar-refractivity contribution < 1.29 is 9.18 Å². The predicted octanol–water partition coefficient (Wildman–Crippen LogP) is 2.86. The molecule has 2 aromatic carbocycles. The monoisotopic (exact) mass is 245 g/mol. The minimum Gasteiger partial charge on any atom is -0.353 e. The molecule has 18 heavy (non-hydrogen) atoms. The summed E-state index contributed by atoms with van der Waals surface area (Å²) < 4.78 is 11.9. The average molecular weight is 245 g/mol. The van der Waals surface area contributed by atoms with Crippen LogP contribution in [0.25, 0.3) is 10.8 Å². The number of carbonyl (C=O) groups is 1. The highest BCUT2D eigenvalue weighted by Gasteiger charge is 2.02. The molecule has 0 aliphatic rings. The first-order valence-electron chi connectivity index (χ1n) is 6.10. The van der Waals surface area contributed by atoms with Gasteiger partial charge in [0.2, 0.25) is 5.91 Å². The Morgan fingerprint density at radius 3 is 2.67 bits per heavy atom. The molecule has 94 valence electrons. The molecule has 2 rings (SSSR count). The van der Waals surface area contributed by atoms with Gasteiger partial charge >= 0.3 is 0 Å². The summed E-state index contributed by atoms with van der Waals surface area (Å²) in [6.07, 6.45) is 1.08. The molecule has 1 N–H and O–H groups in total. The van der Waals surface area contributed by atoms with Crippen LogP contribution < -0.4 is 5.32 Å². The molecule has 0 atom stereocenters. The second-order valence-electron chi connectivity index (χ2n) is 4.22. The van der Waals surface area contributed by atoms with Crippen molar-refractivity contribution in [2.45, 2.75) is 12.8 Å². The third-order valence-corrected chi connectivity index (χ3v) is 2.87. The van der Waals surface area contributed by atoms with Gasteiger partial charge in [0.05, 0.1) is 0 Å². The van der Waals surface area contributed by atoms with E-state index < -0.39 is 6.67 Å². The third kappa shape index (κ3) is 3.29. The molecular formula is C15H16FNO. The molecule has 3 heteroatoms. The number of nitrogens with one attached hydrogen (secondary N) is 1. The number of benzene rings is 2. The van der Waals surface area contributed by atoms with E-state index in [9.17, 15) is 9.18 Å². The molecule has 0 aliphatic carbocycles. The van der Waals surface area contributed by atoms with Crippen LogP contribution >= 0.6 is 0 Å². The Labute approximate surface area is 106 Å². The maximum atomic E-state index is 11.9. The van der Waals surface area contributed by atoms with E-state index in [1.54, 1.807) is 0 Å². The summed E-state index contributed by atoms with van der Waals surface area (Å²) in [6, 6.07) is 14.3. The van der Waals surface area contributed by atoms with Crippen LogP contribution in [0.3, 0.4) is 0 Å². The van der Waals surface area contributed by atoms with E-state index in [1.165, 1.54) is 10.8 Å². The average Bonchev–Trinajstić information content (AvgIpc) is 2.42. The SMILES string of the molecule is O=C(CCc1ccc2ccccc2c1)NCCF. The molecule has 0 unspecified atom stereocenters. The molecule has 0 radical (unpaired) electrons. The third-order valence-electron chi connectivity index (χ3n) is 2.87. The van der Waals surface area contributed by atoms with Crippen LogP contribution in [0.2, 0.25) is 0 Å². The lowest BCUT2D eigenvalue weighted by molar-refractivity contribution is -0.121. The van der Waals surface area contributed by atoms with Gasteiger partial charge < -0.3 is 5.32 Å². The molecule has 0 saturated carbocycles. The second kappa shape index (κ2) is 6.15. The predicted molar refractivity (Wildman–Crippen MR) is 71.3 cm³/mol. The fourth-order valence-electron chi connectivity index (χ4n) is 1.93. The van der Waals surface area contributed by atoms with Crippen molar-refractivity contribution in [2.24, 2.45) is 0 Å². The van der Waals surface area contributed by atoms with Crippen molar-refractivity contribution in [1.82, 2.24) is 5.32 Å². The Bertz CT molecular complexity index is 539. The Hall–Kier alpha value is -1.90. The summed E-state index contributed by atoms with van der Waals surface area (Å²) in [5.41, 5.74) is 1.13. The van der Waals surface area contributed by atoms with Gasteiger partial charge in [0.25, 0.3) is 0 Å². The number of alkyl halides is 1. The zero-order valence-electron chi connectivity index (χ0n) is 10.2. The van der Waals surface area contributed by atoms with Crippen molar-refractivity contribution in [3.05, 3.63) is 48.0 Å². The number of rotatable bonds is 5. The number of halogens is 1. The van der Waals surface area contributed by atoms with Crippen molar-refractivity contribution in [1.29, 1.82) is 0 Å². The minimum absolute atomic E-state index is 0.0965. The standard InChI is InChI=1S/C15H16FNO/c16-9-10-17-15(18)8-6-12-5-7-13-3-1-2-4-14(13)11-12/h1-5,7,11H,6,8-10H2,(H,17,18). The van der Waals surface area contributed by atoms with Gasteiger partial charge in [-0.25, -0.2) is 4.39 Å². The quantitative estimate of drug-likeness (QED) is 0.862. The van der Waals surface area contributed by atoms with Crippen molar-refractivity contribution in [3.8, 4) is 0 Å². The molecule has 0 saturated heterocycles. The summed E-state index contributed by atoms with van der Waals surface area (Å²) in [4.78, 5) is 11.4. The topological polar surface area (TPSA) is 29.1 Å². The normalized spacial score (nSPS) is 10.5. The maximum Gasteiger partial charge on any atom is 0.220 e.